The molecular weight excluding hydrogens is 256 g/mol. The van der Waals surface area contributed by atoms with E-state index in [4.69, 9.17) is 0 Å². The van der Waals surface area contributed by atoms with Gasteiger partial charge in [-0.25, -0.2) is 14.8 Å². The van der Waals surface area contributed by atoms with Gasteiger partial charge in [-0.3, -0.25) is 15.1 Å². The van der Waals surface area contributed by atoms with Crippen LogP contribution in [0, 0.1) is 0 Å². The summed E-state index contributed by atoms with van der Waals surface area (Å²) in [5.74, 6) is -0.929. The molecule has 0 aliphatic heterocycles. The number of thiazole rings is 1. The highest BCUT2D eigenvalue weighted by Crippen LogP contribution is 2.19. The summed E-state index contributed by atoms with van der Waals surface area (Å²) in [4.78, 5) is 34.7. The summed E-state index contributed by atoms with van der Waals surface area (Å²) in [6.07, 6.45) is 5.55. The maximum absolute atomic E-state index is 11.7. The van der Waals surface area contributed by atoms with Crippen molar-refractivity contribution in [3.05, 3.63) is 35.4 Å². The van der Waals surface area contributed by atoms with Crippen molar-refractivity contribution in [1.29, 1.82) is 0 Å². The Balaban J connectivity index is 2.08. The van der Waals surface area contributed by atoms with Gasteiger partial charge in [0.2, 0.25) is 0 Å². The zero-order valence-electron chi connectivity index (χ0n) is 9.28. The van der Waals surface area contributed by atoms with Gasteiger partial charge >= 0.3 is 5.97 Å². The quantitative estimate of drug-likeness (QED) is 0.830. The molecule has 1 N–H and O–H groups in total. The fraction of sp³-hybridized carbons (Fsp3) is 0.100. The van der Waals surface area contributed by atoms with Crippen LogP contribution in [0.3, 0.4) is 0 Å². The molecule has 0 aliphatic rings. The van der Waals surface area contributed by atoms with Gasteiger partial charge in [-0.05, 0) is 0 Å². The lowest BCUT2D eigenvalue weighted by molar-refractivity contribution is 0.0606. The van der Waals surface area contributed by atoms with Crippen molar-refractivity contribution in [1.82, 2.24) is 15.0 Å². The number of hydrogen-bond acceptors (Lipinski definition) is 7. The van der Waals surface area contributed by atoms with E-state index in [1.54, 1.807) is 0 Å². The molecule has 18 heavy (non-hydrogen) atoms. The van der Waals surface area contributed by atoms with Gasteiger partial charge in [-0.15, -0.1) is 0 Å². The van der Waals surface area contributed by atoms with Crippen LogP contribution in [0.5, 0.6) is 0 Å². The van der Waals surface area contributed by atoms with Crippen LogP contribution < -0.4 is 5.32 Å². The summed E-state index contributed by atoms with van der Waals surface area (Å²) in [5, 5.41) is 2.81. The van der Waals surface area contributed by atoms with E-state index in [1.807, 2.05) is 0 Å². The highest BCUT2D eigenvalue weighted by atomic mass is 32.1. The number of rotatable bonds is 3. The molecule has 8 heteroatoms. The van der Waals surface area contributed by atoms with Crippen LogP contribution in [0.25, 0.3) is 0 Å². The summed E-state index contributed by atoms with van der Waals surface area (Å²) < 4.78 is 4.54. The molecular formula is C10H8N4O3S. The molecule has 2 aromatic rings. The summed E-state index contributed by atoms with van der Waals surface area (Å²) in [6, 6.07) is 0. The second-order valence-corrected chi connectivity index (χ2v) is 4.10. The summed E-state index contributed by atoms with van der Waals surface area (Å²) >= 11 is 1.02. The molecule has 0 spiro atoms. The standard InChI is InChI=1S/C10H8N4O3S/c1-17-9(16)7-5-13-10(18-7)14-8(15)6-4-11-2-3-12-6/h2-5H,1H3,(H,13,14,15). The lowest BCUT2D eigenvalue weighted by atomic mass is 10.4. The zero-order chi connectivity index (χ0) is 13.0. The van der Waals surface area contributed by atoms with Gasteiger partial charge in [0.1, 0.15) is 10.6 Å². The number of esters is 1. The average Bonchev–Trinajstić information content (AvgIpc) is 2.87. The predicted molar refractivity (Wildman–Crippen MR) is 63.4 cm³/mol. The third-order valence-corrected chi connectivity index (χ3v) is 2.80. The Hall–Kier alpha value is -2.35. The molecule has 0 bridgehead atoms. The van der Waals surface area contributed by atoms with E-state index in [1.165, 1.54) is 31.9 Å². The van der Waals surface area contributed by atoms with Crippen LogP contribution in [0.2, 0.25) is 0 Å². The largest absolute Gasteiger partial charge is 0.465 e. The van der Waals surface area contributed by atoms with E-state index >= 15 is 0 Å². The maximum atomic E-state index is 11.7. The minimum atomic E-state index is -0.493. The predicted octanol–water partition coefficient (Wildman–Crippen LogP) is 0.972. The van der Waals surface area contributed by atoms with E-state index in [2.05, 4.69) is 25.0 Å². The first-order chi connectivity index (χ1) is 8.70. The first kappa shape index (κ1) is 12.1. The zero-order valence-corrected chi connectivity index (χ0v) is 10.1. The molecule has 2 heterocycles. The van der Waals surface area contributed by atoms with Crippen molar-refractivity contribution in [2.75, 3.05) is 12.4 Å². The lowest BCUT2D eigenvalue weighted by Crippen LogP contribution is -2.13. The molecule has 1 amide bonds. The van der Waals surface area contributed by atoms with Gasteiger partial charge in [-0.2, -0.15) is 0 Å². The fourth-order valence-electron chi connectivity index (χ4n) is 1.10. The van der Waals surface area contributed by atoms with Crippen molar-refractivity contribution in [3.8, 4) is 0 Å². The number of methoxy groups -OCH3 is 1. The van der Waals surface area contributed by atoms with Gasteiger partial charge in [-0.1, -0.05) is 11.3 Å². The smallest absolute Gasteiger partial charge is 0.349 e. The molecule has 0 aliphatic carbocycles. The average molecular weight is 264 g/mol. The molecule has 0 saturated heterocycles. The highest BCUT2D eigenvalue weighted by molar-refractivity contribution is 7.17. The van der Waals surface area contributed by atoms with E-state index < -0.39 is 11.9 Å². The van der Waals surface area contributed by atoms with Gasteiger partial charge in [0.25, 0.3) is 5.91 Å². The summed E-state index contributed by atoms with van der Waals surface area (Å²) in [7, 11) is 1.28. The van der Waals surface area contributed by atoms with E-state index in [9.17, 15) is 9.59 Å². The number of carbonyl (C=O) groups excluding carboxylic acids is 2. The Labute approximate surface area is 106 Å². The van der Waals surface area contributed by atoms with Crippen LogP contribution >= 0.6 is 11.3 Å². The lowest BCUT2D eigenvalue weighted by Gasteiger charge is -1.98. The highest BCUT2D eigenvalue weighted by Gasteiger charge is 2.13. The van der Waals surface area contributed by atoms with Gasteiger partial charge < -0.3 is 4.74 Å². The van der Waals surface area contributed by atoms with Crippen LogP contribution in [0.1, 0.15) is 20.2 Å². The van der Waals surface area contributed by atoms with Gasteiger partial charge in [0.05, 0.1) is 19.5 Å². The number of aromatic nitrogens is 3. The number of amides is 1. The number of carbonyl (C=O) groups is 2. The van der Waals surface area contributed by atoms with Crippen LogP contribution in [-0.2, 0) is 4.74 Å². The van der Waals surface area contributed by atoms with E-state index in [0.29, 0.717) is 10.0 Å². The molecule has 7 nitrogen and oxygen atoms in total. The normalized spacial score (nSPS) is 9.83. The Morgan fingerprint density at radius 3 is 2.78 bits per heavy atom. The molecule has 0 aromatic carbocycles. The number of anilines is 1. The third-order valence-electron chi connectivity index (χ3n) is 1.91. The van der Waals surface area contributed by atoms with Gasteiger partial charge in [0.15, 0.2) is 5.13 Å². The van der Waals surface area contributed by atoms with Crippen LogP contribution in [0.4, 0.5) is 5.13 Å². The van der Waals surface area contributed by atoms with Crippen molar-refractivity contribution in [2.24, 2.45) is 0 Å². The van der Waals surface area contributed by atoms with Crippen LogP contribution in [-0.4, -0.2) is 33.9 Å². The maximum Gasteiger partial charge on any atom is 0.349 e. The first-order valence-corrected chi connectivity index (χ1v) is 5.64. The van der Waals surface area contributed by atoms with Crippen molar-refractivity contribution in [3.63, 3.8) is 0 Å². The van der Waals surface area contributed by atoms with Gasteiger partial charge in [0, 0.05) is 12.4 Å². The van der Waals surface area contributed by atoms with Crippen molar-refractivity contribution >= 4 is 28.3 Å². The SMILES string of the molecule is COC(=O)c1cnc(NC(=O)c2cnccn2)s1. The Bertz CT molecular complexity index is 570. The first-order valence-electron chi connectivity index (χ1n) is 4.82. The number of hydrogen-bond donors (Lipinski definition) is 1. The van der Waals surface area contributed by atoms with E-state index in [-0.39, 0.29) is 5.69 Å². The number of nitrogens with one attached hydrogen (secondary N) is 1. The van der Waals surface area contributed by atoms with Crippen molar-refractivity contribution < 1.29 is 14.3 Å². The Morgan fingerprint density at radius 2 is 2.11 bits per heavy atom. The van der Waals surface area contributed by atoms with Crippen LogP contribution in [0.15, 0.2) is 24.8 Å². The number of ether oxygens (including phenoxy) is 1. The molecule has 0 saturated carbocycles. The summed E-state index contributed by atoms with van der Waals surface area (Å²) in [5.41, 5.74) is 0.173. The molecule has 92 valence electrons. The Morgan fingerprint density at radius 1 is 1.28 bits per heavy atom. The van der Waals surface area contributed by atoms with E-state index in [0.717, 1.165) is 11.3 Å². The summed E-state index contributed by atoms with van der Waals surface area (Å²) in [6.45, 7) is 0. The minimum absolute atomic E-state index is 0.173. The molecule has 2 rings (SSSR count). The molecule has 0 unspecified atom stereocenters. The third kappa shape index (κ3) is 2.66. The second kappa shape index (κ2) is 5.32. The minimum Gasteiger partial charge on any atom is -0.465 e. The van der Waals surface area contributed by atoms with Crippen molar-refractivity contribution in [2.45, 2.75) is 0 Å². The fourth-order valence-corrected chi connectivity index (χ4v) is 1.83. The molecule has 2 aromatic heterocycles. The monoisotopic (exact) mass is 264 g/mol. The molecule has 0 atom stereocenters. The number of nitrogens with zero attached hydrogens (tertiary/aromatic N) is 3. The topological polar surface area (TPSA) is 94.1 Å². The molecule has 0 fully saturated rings. The second-order valence-electron chi connectivity index (χ2n) is 3.07. The Kier molecular flexibility index (Phi) is 3.58. The molecule has 0 radical (unpaired) electrons.